The standard InChI is InChI=1S/C27H22FN3O5/c1-16-20(11-12-35-16)27(34)31-23-14-19(9-10-22(23)28)30-26(33)18-6-4-5-17(13-18)15-36-24-8-3-2-7-21(24)25(29)32/h2-14H,15H2,1H3,(H2,29,32)(H,30,33)(H,31,34). The van der Waals surface area contributed by atoms with Gasteiger partial charge < -0.3 is 25.5 Å². The van der Waals surface area contributed by atoms with Crippen LogP contribution >= 0.6 is 0 Å². The molecule has 0 saturated carbocycles. The van der Waals surface area contributed by atoms with Crippen molar-refractivity contribution in [3.05, 3.63) is 113 Å². The van der Waals surface area contributed by atoms with E-state index in [4.69, 9.17) is 14.9 Å². The molecule has 9 heteroatoms. The molecule has 0 unspecified atom stereocenters. The van der Waals surface area contributed by atoms with E-state index in [1.165, 1.54) is 24.5 Å². The summed E-state index contributed by atoms with van der Waals surface area (Å²) >= 11 is 0. The number of anilines is 2. The number of nitrogens with two attached hydrogens (primary N) is 1. The van der Waals surface area contributed by atoms with E-state index in [0.29, 0.717) is 22.6 Å². The van der Waals surface area contributed by atoms with Gasteiger partial charge in [-0.1, -0.05) is 24.3 Å². The number of furan rings is 1. The van der Waals surface area contributed by atoms with Crippen molar-refractivity contribution in [1.82, 2.24) is 0 Å². The lowest BCUT2D eigenvalue weighted by Crippen LogP contribution is -2.15. The van der Waals surface area contributed by atoms with Gasteiger partial charge in [0.15, 0.2) is 0 Å². The zero-order chi connectivity index (χ0) is 25.7. The molecule has 3 amide bonds. The SMILES string of the molecule is Cc1occc1C(=O)Nc1cc(NC(=O)c2cccc(COc3ccccc3C(N)=O)c2)ccc1F. The molecule has 0 aliphatic carbocycles. The van der Waals surface area contributed by atoms with Crippen molar-refractivity contribution in [2.45, 2.75) is 13.5 Å². The van der Waals surface area contributed by atoms with Crippen LogP contribution in [0.15, 0.2) is 83.5 Å². The largest absolute Gasteiger partial charge is 0.488 e. The number of nitrogens with one attached hydrogen (secondary N) is 2. The number of aryl methyl sites for hydroxylation is 1. The molecule has 1 aromatic heterocycles. The summed E-state index contributed by atoms with van der Waals surface area (Å²) in [5, 5.41) is 5.18. The molecule has 1 heterocycles. The third-order valence-corrected chi connectivity index (χ3v) is 5.31. The van der Waals surface area contributed by atoms with E-state index in [1.54, 1.807) is 55.5 Å². The number of carbonyl (C=O) groups excluding carboxylic acids is 3. The van der Waals surface area contributed by atoms with Gasteiger partial charge in [0.2, 0.25) is 0 Å². The van der Waals surface area contributed by atoms with Gasteiger partial charge in [-0.2, -0.15) is 0 Å². The number of para-hydroxylation sites is 1. The van der Waals surface area contributed by atoms with Crippen LogP contribution in [0.25, 0.3) is 0 Å². The minimum absolute atomic E-state index is 0.0892. The second kappa shape index (κ2) is 10.6. The molecule has 0 fully saturated rings. The number of benzene rings is 3. The van der Waals surface area contributed by atoms with Crippen molar-refractivity contribution in [1.29, 1.82) is 0 Å². The van der Waals surface area contributed by atoms with Gasteiger partial charge in [0, 0.05) is 11.3 Å². The van der Waals surface area contributed by atoms with Crippen molar-refractivity contribution >= 4 is 29.1 Å². The van der Waals surface area contributed by atoms with E-state index in [2.05, 4.69) is 10.6 Å². The summed E-state index contributed by atoms with van der Waals surface area (Å²) in [5.74, 6) is -1.49. The molecule has 0 aliphatic heterocycles. The van der Waals surface area contributed by atoms with E-state index in [0.717, 1.165) is 6.07 Å². The number of hydrogen-bond acceptors (Lipinski definition) is 5. The Kier molecular flexibility index (Phi) is 7.10. The highest BCUT2D eigenvalue weighted by Crippen LogP contribution is 2.23. The van der Waals surface area contributed by atoms with Crippen LogP contribution in [0.5, 0.6) is 5.75 Å². The first kappa shape index (κ1) is 24.2. The summed E-state index contributed by atoms with van der Waals surface area (Å²) in [4.78, 5) is 36.8. The van der Waals surface area contributed by atoms with Gasteiger partial charge in [-0.05, 0) is 61.0 Å². The molecule has 0 bridgehead atoms. The van der Waals surface area contributed by atoms with Gasteiger partial charge in [0.05, 0.1) is 23.1 Å². The number of ether oxygens (including phenoxy) is 1. The van der Waals surface area contributed by atoms with Crippen molar-refractivity contribution in [2.75, 3.05) is 10.6 Å². The molecule has 0 aliphatic rings. The van der Waals surface area contributed by atoms with E-state index >= 15 is 0 Å². The molecule has 3 aromatic carbocycles. The van der Waals surface area contributed by atoms with E-state index in [9.17, 15) is 18.8 Å². The first-order valence-corrected chi connectivity index (χ1v) is 10.9. The molecular weight excluding hydrogens is 465 g/mol. The van der Waals surface area contributed by atoms with Crippen LogP contribution in [-0.2, 0) is 6.61 Å². The molecule has 4 rings (SSSR count). The third-order valence-electron chi connectivity index (χ3n) is 5.31. The number of carbonyl (C=O) groups is 3. The monoisotopic (exact) mass is 487 g/mol. The lowest BCUT2D eigenvalue weighted by atomic mass is 10.1. The van der Waals surface area contributed by atoms with E-state index in [-0.39, 0.29) is 29.1 Å². The number of halogens is 1. The molecule has 36 heavy (non-hydrogen) atoms. The number of rotatable bonds is 8. The third kappa shape index (κ3) is 5.58. The summed E-state index contributed by atoms with van der Waals surface area (Å²) in [6.45, 7) is 1.73. The summed E-state index contributed by atoms with van der Waals surface area (Å²) in [6.07, 6.45) is 1.37. The van der Waals surface area contributed by atoms with Gasteiger partial charge in [-0.3, -0.25) is 14.4 Å². The van der Waals surface area contributed by atoms with Crippen LogP contribution in [0, 0.1) is 12.7 Å². The van der Waals surface area contributed by atoms with Crippen molar-refractivity contribution in [2.24, 2.45) is 5.73 Å². The van der Waals surface area contributed by atoms with Gasteiger partial charge in [0.1, 0.15) is 23.9 Å². The fraction of sp³-hybridized carbons (Fsp3) is 0.0741. The van der Waals surface area contributed by atoms with Crippen molar-refractivity contribution < 1.29 is 27.9 Å². The molecule has 182 valence electrons. The summed E-state index contributed by atoms with van der Waals surface area (Å²) < 4.78 is 25.1. The predicted octanol–water partition coefficient (Wildman–Crippen LogP) is 4.91. The van der Waals surface area contributed by atoms with Crippen LogP contribution in [0.2, 0.25) is 0 Å². The normalized spacial score (nSPS) is 10.5. The van der Waals surface area contributed by atoms with Crippen LogP contribution in [0.1, 0.15) is 42.4 Å². The molecule has 0 saturated heterocycles. The Labute approximate surface area is 205 Å². The fourth-order valence-corrected chi connectivity index (χ4v) is 3.47. The minimum Gasteiger partial charge on any atom is -0.488 e. The smallest absolute Gasteiger partial charge is 0.259 e. The van der Waals surface area contributed by atoms with Gasteiger partial charge in [0.25, 0.3) is 17.7 Å². The Balaban J connectivity index is 1.44. The zero-order valence-corrected chi connectivity index (χ0v) is 19.2. The molecule has 4 aromatic rings. The molecule has 0 atom stereocenters. The Bertz CT molecular complexity index is 1450. The van der Waals surface area contributed by atoms with E-state index < -0.39 is 23.5 Å². The maximum Gasteiger partial charge on any atom is 0.259 e. The summed E-state index contributed by atoms with van der Waals surface area (Å²) in [5.41, 5.74) is 7.13. The molecule has 4 N–H and O–H groups in total. The summed E-state index contributed by atoms with van der Waals surface area (Å²) in [6, 6.07) is 18.7. The Morgan fingerprint density at radius 1 is 0.917 bits per heavy atom. The lowest BCUT2D eigenvalue weighted by molar-refractivity contribution is 0.0992. The average Bonchev–Trinajstić information content (AvgIpc) is 3.31. The van der Waals surface area contributed by atoms with E-state index in [1.807, 2.05) is 0 Å². The highest BCUT2D eigenvalue weighted by molar-refractivity contribution is 6.07. The number of amides is 3. The van der Waals surface area contributed by atoms with Gasteiger partial charge >= 0.3 is 0 Å². The second-order valence-electron chi connectivity index (χ2n) is 7.84. The maximum atomic E-state index is 14.3. The van der Waals surface area contributed by atoms with Crippen molar-refractivity contribution in [3.63, 3.8) is 0 Å². The average molecular weight is 487 g/mol. The zero-order valence-electron chi connectivity index (χ0n) is 19.2. The molecule has 8 nitrogen and oxygen atoms in total. The highest BCUT2D eigenvalue weighted by Gasteiger charge is 2.15. The molecule has 0 spiro atoms. The fourth-order valence-electron chi connectivity index (χ4n) is 3.47. The number of primary amides is 1. The topological polar surface area (TPSA) is 124 Å². The Morgan fingerprint density at radius 2 is 1.72 bits per heavy atom. The van der Waals surface area contributed by atoms with Crippen LogP contribution in [-0.4, -0.2) is 17.7 Å². The minimum atomic E-state index is -0.655. The summed E-state index contributed by atoms with van der Waals surface area (Å²) in [7, 11) is 0. The number of hydrogen-bond donors (Lipinski definition) is 3. The Hall–Kier alpha value is -4.92. The first-order chi connectivity index (χ1) is 17.3. The first-order valence-electron chi connectivity index (χ1n) is 10.9. The van der Waals surface area contributed by atoms with Gasteiger partial charge in [-0.25, -0.2) is 4.39 Å². The van der Waals surface area contributed by atoms with Gasteiger partial charge in [-0.15, -0.1) is 0 Å². The maximum absolute atomic E-state index is 14.3. The molecular formula is C27H22FN3O5. The quantitative estimate of drug-likeness (QED) is 0.326. The second-order valence-corrected chi connectivity index (χ2v) is 7.84. The van der Waals surface area contributed by atoms with Crippen LogP contribution < -0.4 is 21.1 Å². The van der Waals surface area contributed by atoms with Crippen LogP contribution in [0.4, 0.5) is 15.8 Å². The highest BCUT2D eigenvalue weighted by atomic mass is 19.1. The predicted molar refractivity (Wildman–Crippen MR) is 131 cm³/mol. The molecule has 0 radical (unpaired) electrons. The Morgan fingerprint density at radius 3 is 2.47 bits per heavy atom. The lowest BCUT2D eigenvalue weighted by Gasteiger charge is -2.12. The van der Waals surface area contributed by atoms with Crippen molar-refractivity contribution in [3.8, 4) is 5.75 Å². The van der Waals surface area contributed by atoms with Crippen LogP contribution in [0.3, 0.4) is 0 Å².